The van der Waals surface area contributed by atoms with E-state index in [1.165, 1.54) is 0 Å². The van der Waals surface area contributed by atoms with Crippen molar-refractivity contribution in [1.29, 1.82) is 5.26 Å². The van der Waals surface area contributed by atoms with Crippen LogP contribution in [0, 0.1) is 11.3 Å². The molecule has 2 saturated heterocycles. The van der Waals surface area contributed by atoms with E-state index in [-0.39, 0.29) is 10.5 Å². The molecule has 0 aromatic heterocycles. The van der Waals surface area contributed by atoms with Gasteiger partial charge in [0.15, 0.2) is 0 Å². The third kappa shape index (κ3) is 1.79. The maximum atomic E-state index is 12.0. The zero-order valence-corrected chi connectivity index (χ0v) is 10.8. The Morgan fingerprint density at radius 3 is 2.28 bits per heavy atom. The number of fused-ring (bicyclic) bond motifs is 2. The fourth-order valence-electron chi connectivity index (χ4n) is 3.17. The highest BCUT2D eigenvalue weighted by Gasteiger charge is 2.48. The third-order valence-electron chi connectivity index (χ3n) is 4.15. The van der Waals surface area contributed by atoms with E-state index in [0.29, 0.717) is 18.4 Å². The van der Waals surface area contributed by atoms with Crippen LogP contribution < -0.4 is 0 Å². The van der Waals surface area contributed by atoms with Gasteiger partial charge in [0.25, 0.3) is 0 Å². The van der Waals surface area contributed by atoms with Crippen LogP contribution in [-0.4, -0.2) is 19.8 Å². The van der Waals surface area contributed by atoms with Crippen LogP contribution in [0.5, 0.6) is 0 Å². The topological polar surface area (TPSA) is 61.1 Å². The first-order valence-electron chi connectivity index (χ1n) is 6.25. The van der Waals surface area contributed by atoms with Crippen LogP contribution in [0.4, 0.5) is 0 Å². The highest BCUT2D eigenvalue weighted by molar-refractivity contribution is 7.86. The summed E-state index contributed by atoms with van der Waals surface area (Å²) in [6, 6.07) is 9.20. The van der Waals surface area contributed by atoms with E-state index in [4.69, 9.17) is 5.26 Å². The van der Waals surface area contributed by atoms with Crippen molar-refractivity contribution in [3.63, 3.8) is 0 Å². The van der Waals surface area contributed by atoms with Crippen LogP contribution in [0.3, 0.4) is 0 Å². The maximum absolute atomic E-state index is 12.0. The first-order chi connectivity index (χ1) is 8.62. The van der Waals surface area contributed by atoms with Crippen LogP contribution in [0.2, 0.25) is 0 Å². The van der Waals surface area contributed by atoms with Gasteiger partial charge in [0, 0.05) is 21.3 Å². The van der Waals surface area contributed by atoms with E-state index < -0.39 is 16.4 Å². The van der Waals surface area contributed by atoms with E-state index in [0.717, 1.165) is 18.4 Å². The molecule has 2 heterocycles. The fourth-order valence-corrected chi connectivity index (χ4v) is 5.33. The zero-order chi connectivity index (χ0) is 12.8. The van der Waals surface area contributed by atoms with Gasteiger partial charge < -0.3 is 5.11 Å². The lowest BCUT2D eigenvalue weighted by molar-refractivity contribution is 0.0184. The van der Waals surface area contributed by atoms with Crippen molar-refractivity contribution in [2.75, 3.05) is 0 Å². The minimum atomic E-state index is -0.853. The van der Waals surface area contributed by atoms with Crippen molar-refractivity contribution in [3.05, 3.63) is 35.4 Å². The van der Waals surface area contributed by atoms with E-state index in [1.54, 1.807) is 12.1 Å². The van der Waals surface area contributed by atoms with E-state index in [1.807, 2.05) is 12.1 Å². The zero-order valence-electron chi connectivity index (χ0n) is 10.0. The van der Waals surface area contributed by atoms with Gasteiger partial charge in [0.1, 0.15) is 0 Å². The quantitative estimate of drug-likeness (QED) is 0.838. The molecule has 2 bridgehead atoms. The molecule has 3 nitrogen and oxygen atoms in total. The Hall–Kier alpha value is -1.18. The second-order valence-corrected chi connectivity index (χ2v) is 7.27. The fraction of sp³-hybridized carbons (Fsp3) is 0.500. The molecule has 1 aromatic carbocycles. The molecule has 2 aliphatic rings. The highest BCUT2D eigenvalue weighted by Crippen LogP contribution is 2.45. The molecule has 0 spiro atoms. The van der Waals surface area contributed by atoms with Crippen molar-refractivity contribution in [1.82, 2.24) is 0 Å². The molecule has 4 heteroatoms. The summed E-state index contributed by atoms with van der Waals surface area (Å²) in [6.45, 7) is 0. The van der Waals surface area contributed by atoms with Crippen LogP contribution in [0.15, 0.2) is 24.3 Å². The number of aliphatic hydroxyl groups is 1. The Bertz CT molecular complexity index is 516. The normalized spacial score (nSPS) is 38.3. The second-order valence-electron chi connectivity index (χ2n) is 5.28. The number of nitriles is 1. The largest absolute Gasteiger partial charge is 0.385 e. The van der Waals surface area contributed by atoms with Crippen LogP contribution in [0.25, 0.3) is 0 Å². The summed E-state index contributed by atoms with van der Waals surface area (Å²) in [5.74, 6) is 0. The minimum Gasteiger partial charge on any atom is -0.385 e. The summed E-state index contributed by atoms with van der Waals surface area (Å²) in [5, 5.41) is 19.9. The molecule has 0 amide bonds. The molecule has 0 saturated carbocycles. The van der Waals surface area contributed by atoms with Gasteiger partial charge in [-0.15, -0.1) is 0 Å². The molecule has 2 atom stereocenters. The minimum absolute atomic E-state index is 0.143. The predicted octanol–water partition coefficient (Wildman–Crippen LogP) is 1.82. The molecule has 18 heavy (non-hydrogen) atoms. The van der Waals surface area contributed by atoms with Gasteiger partial charge in [-0.3, -0.25) is 4.21 Å². The molecule has 0 radical (unpaired) electrons. The Balaban J connectivity index is 1.91. The maximum Gasteiger partial charge on any atom is 0.0991 e. The summed E-state index contributed by atoms with van der Waals surface area (Å²) in [4.78, 5) is 0. The average molecular weight is 261 g/mol. The average Bonchev–Trinajstić information content (AvgIpc) is 2.63. The monoisotopic (exact) mass is 261 g/mol. The summed E-state index contributed by atoms with van der Waals surface area (Å²) in [5.41, 5.74) is 0.605. The molecular weight excluding hydrogens is 246 g/mol. The Morgan fingerprint density at radius 1 is 1.22 bits per heavy atom. The molecule has 3 rings (SSSR count). The molecule has 2 aliphatic heterocycles. The molecule has 1 N–H and O–H groups in total. The molecule has 0 aliphatic carbocycles. The number of nitrogens with zero attached hydrogens (tertiary/aromatic N) is 1. The number of rotatable bonds is 1. The molecule has 1 aromatic rings. The van der Waals surface area contributed by atoms with Gasteiger partial charge in [-0.05, 0) is 43.4 Å². The molecular formula is C14H15NO2S. The molecule has 94 valence electrons. The third-order valence-corrected chi connectivity index (χ3v) is 6.27. The molecule has 2 fully saturated rings. The Kier molecular flexibility index (Phi) is 2.76. The van der Waals surface area contributed by atoms with Gasteiger partial charge in [-0.1, -0.05) is 12.1 Å². The smallest absolute Gasteiger partial charge is 0.0991 e. The first kappa shape index (κ1) is 11.9. The van der Waals surface area contributed by atoms with Crippen LogP contribution in [0.1, 0.15) is 36.8 Å². The first-order valence-corrected chi connectivity index (χ1v) is 7.52. The van der Waals surface area contributed by atoms with Gasteiger partial charge in [-0.2, -0.15) is 5.26 Å². The molecule has 2 unspecified atom stereocenters. The van der Waals surface area contributed by atoms with E-state index in [9.17, 15) is 9.32 Å². The van der Waals surface area contributed by atoms with Crippen LogP contribution in [-0.2, 0) is 16.4 Å². The summed E-state index contributed by atoms with van der Waals surface area (Å²) >= 11 is 0. The van der Waals surface area contributed by atoms with Crippen molar-refractivity contribution in [2.45, 2.75) is 41.8 Å². The highest BCUT2D eigenvalue weighted by atomic mass is 32.2. The van der Waals surface area contributed by atoms with Gasteiger partial charge >= 0.3 is 0 Å². The van der Waals surface area contributed by atoms with Crippen LogP contribution >= 0.6 is 0 Å². The lowest BCUT2D eigenvalue weighted by Gasteiger charge is -2.36. The SMILES string of the molecule is N#Cc1ccc(C2(O)CC3CCC(C2)S3=O)cc1. The van der Waals surface area contributed by atoms with Crippen molar-refractivity contribution < 1.29 is 9.32 Å². The van der Waals surface area contributed by atoms with Gasteiger partial charge in [0.05, 0.1) is 17.2 Å². The summed E-state index contributed by atoms with van der Waals surface area (Å²) in [6.07, 6.45) is 3.11. The number of hydrogen-bond donors (Lipinski definition) is 1. The lowest BCUT2D eigenvalue weighted by Crippen LogP contribution is -2.40. The number of hydrogen-bond acceptors (Lipinski definition) is 3. The van der Waals surface area contributed by atoms with E-state index >= 15 is 0 Å². The summed E-state index contributed by atoms with van der Waals surface area (Å²) < 4.78 is 12.0. The lowest BCUT2D eigenvalue weighted by atomic mass is 9.85. The number of benzene rings is 1. The van der Waals surface area contributed by atoms with Crippen molar-refractivity contribution in [3.8, 4) is 6.07 Å². The Morgan fingerprint density at radius 2 is 1.78 bits per heavy atom. The summed E-state index contributed by atoms with van der Waals surface area (Å²) in [7, 11) is -0.757. The van der Waals surface area contributed by atoms with Crippen molar-refractivity contribution in [2.24, 2.45) is 0 Å². The predicted molar refractivity (Wildman–Crippen MR) is 69.2 cm³/mol. The van der Waals surface area contributed by atoms with E-state index in [2.05, 4.69) is 6.07 Å². The van der Waals surface area contributed by atoms with Gasteiger partial charge in [0.2, 0.25) is 0 Å². The van der Waals surface area contributed by atoms with Crippen molar-refractivity contribution >= 4 is 10.8 Å². The Labute approximate surface area is 109 Å². The standard InChI is InChI=1S/C14H15NO2S/c15-9-10-1-3-11(4-2-10)14(16)7-12-5-6-13(8-14)18(12)17/h1-4,12-13,16H,5-8H2. The van der Waals surface area contributed by atoms with Gasteiger partial charge in [-0.25, -0.2) is 0 Å². The second kappa shape index (κ2) is 4.18.